The number of aromatic nitrogens is 1. The first-order chi connectivity index (χ1) is 19.2. The normalized spacial score (nSPS) is 13.1. The van der Waals surface area contributed by atoms with Crippen LogP contribution in [0.2, 0.25) is 0 Å². The Morgan fingerprint density at radius 3 is 2.23 bits per heavy atom. The quantitative estimate of drug-likeness (QED) is 0.255. The third-order valence-electron chi connectivity index (χ3n) is 8.09. The summed E-state index contributed by atoms with van der Waals surface area (Å²) >= 11 is 0. The molecule has 186 valence electrons. The molecule has 1 aliphatic heterocycles. The van der Waals surface area contributed by atoms with Crippen LogP contribution in [0, 0.1) is 0 Å². The third kappa shape index (κ3) is 3.30. The van der Waals surface area contributed by atoms with Gasteiger partial charge >= 0.3 is 0 Å². The Balaban J connectivity index is 1.23. The van der Waals surface area contributed by atoms with Gasteiger partial charge in [0.05, 0.1) is 11.0 Å². The molecule has 0 saturated heterocycles. The molecule has 5 aromatic carbocycles. The maximum absolute atomic E-state index is 6.14. The van der Waals surface area contributed by atoms with Gasteiger partial charge in [0, 0.05) is 44.2 Å². The molecule has 0 aliphatic carbocycles. The fourth-order valence-corrected chi connectivity index (χ4v) is 6.01. The lowest BCUT2D eigenvalue weighted by Gasteiger charge is -2.12. The Labute approximate surface area is 226 Å². The van der Waals surface area contributed by atoms with Crippen molar-refractivity contribution in [3.63, 3.8) is 0 Å². The van der Waals surface area contributed by atoms with E-state index in [4.69, 9.17) is 4.42 Å². The number of benzene rings is 5. The van der Waals surface area contributed by atoms with Crippen molar-refractivity contribution >= 4 is 73.0 Å². The molecule has 0 unspecified atom stereocenters. The summed E-state index contributed by atoms with van der Waals surface area (Å²) in [6.07, 6.45) is 6.55. The Morgan fingerprint density at radius 2 is 1.36 bits per heavy atom. The molecule has 7 aromatic rings. The monoisotopic (exact) mass is 502 g/mol. The number of nitrogens with zero attached hydrogens (tertiary/aromatic N) is 1. The molecule has 0 atom stereocenters. The predicted molar refractivity (Wildman–Crippen MR) is 166 cm³/mol. The van der Waals surface area contributed by atoms with E-state index < -0.39 is 0 Å². The van der Waals surface area contributed by atoms with Crippen molar-refractivity contribution < 1.29 is 4.42 Å². The molecule has 0 spiro atoms. The number of rotatable bonds is 2. The van der Waals surface area contributed by atoms with Crippen LogP contribution in [0.5, 0.6) is 0 Å². The Kier molecular flexibility index (Phi) is 4.65. The van der Waals surface area contributed by atoms with Gasteiger partial charge in [-0.25, -0.2) is 0 Å². The van der Waals surface area contributed by atoms with Crippen LogP contribution in [0.3, 0.4) is 0 Å². The minimum absolute atomic E-state index is 0.911. The van der Waals surface area contributed by atoms with Gasteiger partial charge in [-0.3, -0.25) is 0 Å². The number of para-hydroxylation sites is 2. The molecule has 0 amide bonds. The summed E-state index contributed by atoms with van der Waals surface area (Å²) in [5, 5.41) is 8.51. The summed E-state index contributed by atoms with van der Waals surface area (Å²) in [5.41, 5.74) is 12.4. The van der Waals surface area contributed by atoms with Crippen LogP contribution in [0.15, 0.2) is 108 Å². The van der Waals surface area contributed by atoms with Crippen molar-refractivity contribution in [1.29, 1.82) is 0 Å². The topological polar surface area (TPSA) is 30.1 Å². The summed E-state index contributed by atoms with van der Waals surface area (Å²) in [7, 11) is 0. The maximum atomic E-state index is 6.14. The Bertz CT molecular complexity index is 2170. The average molecular weight is 503 g/mol. The number of furan rings is 1. The van der Waals surface area contributed by atoms with Gasteiger partial charge in [-0.05, 0) is 79.1 Å². The molecule has 0 fully saturated rings. The van der Waals surface area contributed by atoms with E-state index in [9.17, 15) is 0 Å². The van der Waals surface area contributed by atoms with Crippen molar-refractivity contribution in [3.8, 4) is 11.1 Å². The van der Waals surface area contributed by atoms with E-state index in [0.717, 1.165) is 44.4 Å². The highest BCUT2D eigenvalue weighted by molar-refractivity contribution is 6.11. The zero-order valence-corrected chi connectivity index (χ0v) is 21.8. The predicted octanol–water partition coefficient (Wildman–Crippen LogP) is 10.5. The van der Waals surface area contributed by atoms with E-state index in [1.807, 2.05) is 12.1 Å². The van der Waals surface area contributed by atoms with Gasteiger partial charge in [0.1, 0.15) is 11.2 Å². The SMILES string of the molecule is CC=C(C)n1c2ccccc2c2cc(-c3ccc4c(c3)C=Cc3cc5oc6ccccc6c5cc3N4)ccc21. The van der Waals surface area contributed by atoms with Crippen molar-refractivity contribution in [3.05, 3.63) is 114 Å². The molecule has 39 heavy (non-hydrogen) atoms. The molecule has 1 aliphatic rings. The molecule has 1 N–H and O–H groups in total. The van der Waals surface area contributed by atoms with Crippen molar-refractivity contribution in [2.24, 2.45) is 0 Å². The van der Waals surface area contributed by atoms with Crippen molar-refractivity contribution in [2.45, 2.75) is 13.8 Å². The van der Waals surface area contributed by atoms with E-state index in [1.165, 1.54) is 38.6 Å². The summed E-state index contributed by atoms with van der Waals surface area (Å²) < 4.78 is 8.49. The smallest absolute Gasteiger partial charge is 0.136 e. The fourth-order valence-electron chi connectivity index (χ4n) is 6.01. The summed E-state index contributed by atoms with van der Waals surface area (Å²) in [5.74, 6) is 0. The van der Waals surface area contributed by atoms with E-state index in [1.54, 1.807) is 0 Å². The first-order valence-corrected chi connectivity index (χ1v) is 13.4. The van der Waals surface area contributed by atoms with Gasteiger partial charge in [0.25, 0.3) is 0 Å². The number of hydrogen-bond donors (Lipinski definition) is 1. The number of allylic oxidation sites excluding steroid dienone is 2. The van der Waals surface area contributed by atoms with Crippen molar-refractivity contribution in [1.82, 2.24) is 4.57 Å². The van der Waals surface area contributed by atoms with E-state index in [0.29, 0.717) is 0 Å². The lowest BCUT2D eigenvalue weighted by Crippen LogP contribution is -1.94. The molecule has 3 nitrogen and oxygen atoms in total. The molecule has 3 heteroatoms. The van der Waals surface area contributed by atoms with Crippen LogP contribution in [0.1, 0.15) is 25.0 Å². The number of hydrogen-bond acceptors (Lipinski definition) is 2. The van der Waals surface area contributed by atoms with Crippen LogP contribution >= 0.6 is 0 Å². The molecular weight excluding hydrogens is 476 g/mol. The van der Waals surface area contributed by atoms with Gasteiger partial charge in [-0.15, -0.1) is 0 Å². The summed E-state index contributed by atoms with van der Waals surface area (Å²) in [4.78, 5) is 0. The van der Waals surface area contributed by atoms with Crippen LogP contribution in [-0.4, -0.2) is 4.57 Å². The second-order valence-electron chi connectivity index (χ2n) is 10.3. The minimum Gasteiger partial charge on any atom is -0.456 e. The van der Waals surface area contributed by atoms with E-state index in [-0.39, 0.29) is 0 Å². The second kappa shape index (κ2) is 8.24. The molecule has 8 rings (SSSR count). The molecule has 0 saturated carbocycles. The molecule has 0 bridgehead atoms. The maximum Gasteiger partial charge on any atom is 0.136 e. The fraction of sp³-hybridized carbons (Fsp3) is 0.0556. The zero-order chi connectivity index (χ0) is 26.1. The summed E-state index contributed by atoms with van der Waals surface area (Å²) in [6.45, 7) is 4.27. The number of anilines is 2. The summed E-state index contributed by atoms with van der Waals surface area (Å²) in [6, 6.07) is 34.8. The Hall–Kier alpha value is -5.02. The van der Waals surface area contributed by atoms with Crippen LogP contribution in [-0.2, 0) is 0 Å². The lowest BCUT2D eigenvalue weighted by atomic mass is 9.99. The van der Waals surface area contributed by atoms with Gasteiger partial charge in [-0.1, -0.05) is 66.8 Å². The number of nitrogens with one attached hydrogen (secondary N) is 1. The van der Waals surface area contributed by atoms with Crippen molar-refractivity contribution in [2.75, 3.05) is 5.32 Å². The highest BCUT2D eigenvalue weighted by Gasteiger charge is 2.16. The van der Waals surface area contributed by atoms with Crippen LogP contribution in [0.4, 0.5) is 11.4 Å². The number of fused-ring (bicyclic) bond motifs is 8. The van der Waals surface area contributed by atoms with E-state index >= 15 is 0 Å². The standard InChI is InChI=1S/C36H26N2O/c1-3-22(2)38-33-10-6-4-8-27(33)29-19-24(15-17-34(29)38)23-14-16-31-25(18-23)12-13-26-20-36-30(21-32(26)37-31)28-9-5-7-11-35(28)39-36/h3-21,37H,1-2H3. The molecule has 0 radical (unpaired) electrons. The first kappa shape index (κ1) is 22.0. The minimum atomic E-state index is 0.911. The zero-order valence-electron chi connectivity index (χ0n) is 21.8. The van der Waals surface area contributed by atoms with Gasteiger partial charge < -0.3 is 14.3 Å². The van der Waals surface area contributed by atoms with E-state index in [2.05, 4.69) is 127 Å². The molecular formula is C36H26N2O. The Morgan fingerprint density at radius 1 is 0.641 bits per heavy atom. The largest absolute Gasteiger partial charge is 0.456 e. The molecule has 2 aromatic heterocycles. The van der Waals surface area contributed by atoms with Gasteiger partial charge in [-0.2, -0.15) is 0 Å². The highest BCUT2D eigenvalue weighted by atomic mass is 16.3. The van der Waals surface area contributed by atoms with Crippen LogP contribution in [0.25, 0.3) is 72.7 Å². The van der Waals surface area contributed by atoms with Gasteiger partial charge in [0.2, 0.25) is 0 Å². The average Bonchev–Trinajstić information content (AvgIpc) is 3.44. The highest BCUT2D eigenvalue weighted by Crippen LogP contribution is 2.39. The third-order valence-corrected chi connectivity index (χ3v) is 8.09. The lowest BCUT2D eigenvalue weighted by molar-refractivity contribution is 0.669. The second-order valence-corrected chi connectivity index (χ2v) is 10.3. The molecule has 3 heterocycles. The van der Waals surface area contributed by atoms with Gasteiger partial charge in [0.15, 0.2) is 0 Å². The first-order valence-electron chi connectivity index (χ1n) is 13.4. The van der Waals surface area contributed by atoms with Crippen LogP contribution < -0.4 is 5.32 Å².